The van der Waals surface area contributed by atoms with E-state index in [1.165, 1.54) is 6.92 Å². The van der Waals surface area contributed by atoms with Crippen LogP contribution in [0, 0.1) is 0 Å². The van der Waals surface area contributed by atoms with E-state index < -0.39 is 36.7 Å². The summed E-state index contributed by atoms with van der Waals surface area (Å²) >= 11 is 0. The molecule has 0 saturated carbocycles. The lowest BCUT2D eigenvalue weighted by Crippen LogP contribution is -2.58. The van der Waals surface area contributed by atoms with Crippen molar-refractivity contribution in [2.75, 3.05) is 0 Å². The second-order valence-corrected chi connectivity index (χ2v) is 4.45. The molecular formula is C13H16O6. The zero-order valence-electron chi connectivity index (χ0n) is 10.3. The first kappa shape index (κ1) is 14.0. The molecular weight excluding hydrogens is 252 g/mol. The highest BCUT2D eigenvalue weighted by molar-refractivity contribution is 5.89. The molecule has 1 fully saturated rings. The summed E-state index contributed by atoms with van der Waals surface area (Å²) in [6.45, 7) is 1.51. The van der Waals surface area contributed by atoms with Crippen molar-refractivity contribution < 1.29 is 29.6 Å². The van der Waals surface area contributed by atoms with Crippen LogP contribution in [0.3, 0.4) is 0 Å². The van der Waals surface area contributed by atoms with Gasteiger partial charge in [-0.3, -0.25) is 0 Å². The number of hydrogen-bond donors (Lipinski definition) is 3. The van der Waals surface area contributed by atoms with Gasteiger partial charge in [-0.05, 0) is 19.1 Å². The van der Waals surface area contributed by atoms with Crippen molar-refractivity contribution in [2.24, 2.45) is 0 Å². The molecule has 0 amide bonds. The van der Waals surface area contributed by atoms with Crippen LogP contribution in [0.25, 0.3) is 0 Å². The highest BCUT2D eigenvalue weighted by Gasteiger charge is 2.44. The highest BCUT2D eigenvalue weighted by Crippen LogP contribution is 2.22. The summed E-state index contributed by atoms with van der Waals surface area (Å²) in [5, 5.41) is 29.1. The molecule has 5 atom stereocenters. The quantitative estimate of drug-likeness (QED) is 0.636. The number of carbonyl (C=O) groups is 1. The Bertz CT molecular complexity index is 434. The van der Waals surface area contributed by atoms with E-state index in [0.717, 1.165) is 0 Å². The third kappa shape index (κ3) is 2.93. The number of rotatable bonds is 2. The fraction of sp³-hybridized carbons (Fsp3) is 0.462. The molecule has 1 heterocycles. The van der Waals surface area contributed by atoms with Gasteiger partial charge in [0.15, 0.2) is 12.4 Å². The lowest BCUT2D eigenvalue weighted by molar-refractivity contribution is -0.276. The van der Waals surface area contributed by atoms with Crippen molar-refractivity contribution in [1.82, 2.24) is 0 Å². The third-order valence-corrected chi connectivity index (χ3v) is 3.06. The van der Waals surface area contributed by atoms with Crippen molar-refractivity contribution in [1.29, 1.82) is 0 Å². The molecule has 1 aromatic rings. The van der Waals surface area contributed by atoms with Crippen LogP contribution in [0.5, 0.6) is 0 Å². The summed E-state index contributed by atoms with van der Waals surface area (Å²) in [6.07, 6.45) is -6.15. The zero-order valence-corrected chi connectivity index (χ0v) is 10.3. The Balaban J connectivity index is 2.08. The number of benzene rings is 1. The van der Waals surface area contributed by atoms with Crippen molar-refractivity contribution in [3.63, 3.8) is 0 Å². The summed E-state index contributed by atoms with van der Waals surface area (Å²) in [7, 11) is 0. The minimum atomic E-state index is -1.47. The van der Waals surface area contributed by atoms with E-state index in [1.54, 1.807) is 30.3 Å². The number of aliphatic hydroxyl groups excluding tert-OH is 3. The first-order valence-electron chi connectivity index (χ1n) is 5.96. The lowest BCUT2D eigenvalue weighted by atomic mass is 10.00. The van der Waals surface area contributed by atoms with Gasteiger partial charge in [-0.2, -0.15) is 0 Å². The summed E-state index contributed by atoms with van der Waals surface area (Å²) in [4.78, 5) is 11.8. The number of esters is 1. The molecule has 3 N–H and O–H groups in total. The van der Waals surface area contributed by atoms with Gasteiger partial charge in [0.1, 0.15) is 12.2 Å². The van der Waals surface area contributed by atoms with Crippen molar-refractivity contribution in [2.45, 2.75) is 37.6 Å². The number of aliphatic hydroxyl groups is 3. The Morgan fingerprint density at radius 1 is 1.16 bits per heavy atom. The van der Waals surface area contributed by atoms with E-state index in [2.05, 4.69) is 0 Å². The van der Waals surface area contributed by atoms with E-state index in [0.29, 0.717) is 0 Å². The predicted octanol–water partition coefficient (Wildman–Crippen LogP) is -0.329. The first-order chi connectivity index (χ1) is 9.00. The Morgan fingerprint density at radius 3 is 2.42 bits per heavy atom. The minimum Gasteiger partial charge on any atom is -0.450 e. The first-order valence-corrected chi connectivity index (χ1v) is 5.96. The van der Waals surface area contributed by atoms with Crippen LogP contribution < -0.4 is 0 Å². The smallest absolute Gasteiger partial charge is 0.338 e. The molecule has 104 valence electrons. The maximum absolute atomic E-state index is 11.8. The molecule has 2 rings (SSSR count). The topological polar surface area (TPSA) is 96.2 Å². The highest BCUT2D eigenvalue weighted by atomic mass is 16.7. The number of carbonyl (C=O) groups excluding carboxylic acids is 1. The second kappa shape index (κ2) is 5.66. The van der Waals surface area contributed by atoms with E-state index >= 15 is 0 Å². The van der Waals surface area contributed by atoms with E-state index in [4.69, 9.17) is 9.47 Å². The van der Waals surface area contributed by atoms with Gasteiger partial charge in [0, 0.05) is 0 Å². The second-order valence-electron chi connectivity index (χ2n) is 4.45. The van der Waals surface area contributed by atoms with Gasteiger partial charge in [0.05, 0.1) is 11.7 Å². The molecule has 0 bridgehead atoms. The van der Waals surface area contributed by atoms with Gasteiger partial charge in [0.2, 0.25) is 0 Å². The standard InChI is InChI=1S/C13H16O6/c1-7-9(14)10(15)11(13(17)18-7)19-12(16)8-5-3-2-4-6-8/h2-7,9-11,13-15,17H,1H3/t7-,9+,10+,11-,13+/m1/s1. The average Bonchev–Trinajstić information content (AvgIpc) is 2.42. The average molecular weight is 268 g/mol. The minimum absolute atomic E-state index is 0.287. The maximum atomic E-state index is 11.8. The molecule has 0 spiro atoms. The van der Waals surface area contributed by atoms with E-state index in [-0.39, 0.29) is 5.56 Å². The Hall–Kier alpha value is -1.47. The fourth-order valence-electron chi connectivity index (χ4n) is 1.91. The van der Waals surface area contributed by atoms with Gasteiger partial charge in [-0.25, -0.2) is 4.79 Å². The molecule has 6 heteroatoms. The molecule has 0 unspecified atom stereocenters. The summed E-state index contributed by atoms with van der Waals surface area (Å²) in [5.74, 6) is -0.700. The maximum Gasteiger partial charge on any atom is 0.338 e. The lowest BCUT2D eigenvalue weighted by Gasteiger charge is -2.38. The molecule has 6 nitrogen and oxygen atoms in total. The SMILES string of the molecule is C[C@H]1O[C@H](O)[C@H](OC(=O)c2ccccc2)[C@@H](O)[C@H]1O. The zero-order chi connectivity index (χ0) is 14.0. The van der Waals surface area contributed by atoms with Gasteiger partial charge in [-0.1, -0.05) is 18.2 Å². The predicted molar refractivity (Wildman–Crippen MR) is 64.2 cm³/mol. The third-order valence-electron chi connectivity index (χ3n) is 3.06. The molecule has 0 radical (unpaired) electrons. The number of hydrogen-bond acceptors (Lipinski definition) is 6. The van der Waals surface area contributed by atoms with Crippen LogP contribution in [0.4, 0.5) is 0 Å². The fourth-order valence-corrected chi connectivity index (χ4v) is 1.91. The van der Waals surface area contributed by atoms with E-state index in [9.17, 15) is 20.1 Å². The van der Waals surface area contributed by atoms with Crippen molar-refractivity contribution in [3.05, 3.63) is 35.9 Å². The molecule has 1 aliphatic heterocycles. The summed E-state index contributed by atoms with van der Waals surface area (Å²) in [5.41, 5.74) is 0.287. The molecule has 1 saturated heterocycles. The molecule has 0 aliphatic carbocycles. The molecule has 1 aliphatic rings. The Kier molecular flexibility index (Phi) is 4.16. The molecule has 19 heavy (non-hydrogen) atoms. The van der Waals surface area contributed by atoms with Crippen LogP contribution in [0.1, 0.15) is 17.3 Å². The van der Waals surface area contributed by atoms with E-state index in [1.807, 2.05) is 0 Å². The Morgan fingerprint density at radius 2 is 1.79 bits per heavy atom. The van der Waals surface area contributed by atoms with Crippen LogP contribution in [0.15, 0.2) is 30.3 Å². The van der Waals surface area contributed by atoms with Crippen LogP contribution >= 0.6 is 0 Å². The van der Waals surface area contributed by atoms with Crippen LogP contribution in [-0.2, 0) is 9.47 Å². The van der Waals surface area contributed by atoms with Crippen LogP contribution in [-0.4, -0.2) is 52.0 Å². The Labute approximate surface area is 110 Å². The van der Waals surface area contributed by atoms with Gasteiger partial charge >= 0.3 is 5.97 Å². The van der Waals surface area contributed by atoms with Gasteiger partial charge in [-0.15, -0.1) is 0 Å². The van der Waals surface area contributed by atoms with Crippen molar-refractivity contribution >= 4 is 5.97 Å². The summed E-state index contributed by atoms with van der Waals surface area (Å²) in [6, 6.07) is 8.17. The summed E-state index contributed by atoms with van der Waals surface area (Å²) < 4.78 is 9.98. The van der Waals surface area contributed by atoms with Gasteiger partial charge < -0.3 is 24.8 Å². The molecule has 1 aromatic carbocycles. The number of ether oxygens (including phenoxy) is 2. The normalized spacial score (nSPS) is 34.8. The van der Waals surface area contributed by atoms with Crippen molar-refractivity contribution in [3.8, 4) is 0 Å². The molecule has 0 aromatic heterocycles. The monoisotopic (exact) mass is 268 g/mol. The largest absolute Gasteiger partial charge is 0.450 e. The van der Waals surface area contributed by atoms with Crippen LogP contribution in [0.2, 0.25) is 0 Å². The van der Waals surface area contributed by atoms with Gasteiger partial charge in [0.25, 0.3) is 0 Å².